The molecule has 7 N–H and O–H groups in total. The Bertz CT molecular complexity index is 377. The van der Waals surface area contributed by atoms with E-state index in [9.17, 15) is 19.2 Å². The van der Waals surface area contributed by atoms with Crippen LogP contribution in [-0.4, -0.2) is 57.4 Å². The van der Waals surface area contributed by atoms with E-state index in [4.69, 9.17) is 26.2 Å². The number of nitrogens with two attached hydrogens (primary N) is 1. The molecule has 21 heavy (non-hydrogen) atoms. The van der Waals surface area contributed by atoms with Crippen molar-refractivity contribution in [1.29, 1.82) is 0 Å². The summed E-state index contributed by atoms with van der Waals surface area (Å²) in [5.74, 6) is -5.88. The Morgan fingerprint density at radius 3 is 1.24 bits per heavy atom. The van der Waals surface area contributed by atoms with E-state index in [1.165, 1.54) is 0 Å². The summed E-state index contributed by atoms with van der Waals surface area (Å²) in [6.45, 7) is -0.106. The molecule has 0 amide bonds. The summed E-state index contributed by atoms with van der Waals surface area (Å²) < 4.78 is 2.58. The van der Waals surface area contributed by atoms with Gasteiger partial charge in [0, 0.05) is 0 Å². The molecule has 0 aromatic carbocycles. The molecule has 0 radical (unpaired) electrons. The second kappa shape index (κ2) is 7.36. The van der Waals surface area contributed by atoms with Gasteiger partial charge in [-0.25, -0.2) is 0 Å². The fourth-order valence-corrected chi connectivity index (χ4v) is 6.55. The number of hydrogen-bond acceptors (Lipinski definition) is 6. The van der Waals surface area contributed by atoms with E-state index in [0.717, 1.165) is 0 Å². The Labute approximate surface area is 120 Å². The zero-order valence-electron chi connectivity index (χ0n) is 11.0. The molecule has 0 spiro atoms. The summed E-state index contributed by atoms with van der Waals surface area (Å²) in [5, 5.41) is 32.6. The van der Waals surface area contributed by atoms with Crippen LogP contribution in [0.25, 0.3) is 0 Å². The maximum atomic E-state index is 11.1. The summed E-state index contributed by atoms with van der Waals surface area (Å²) in [5.41, 5.74) is 5.28. The van der Waals surface area contributed by atoms with Crippen molar-refractivity contribution in [1.82, 2.24) is 4.33 Å². The molecule has 0 aliphatic carbocycles. The van der Waals surface area contributed by atoms with Crippen LogP contribution in [0, 0.1) is 0 Å². The number of carboxylic acids is 4. The van der Waals surface area contributed by atoms with Gasteiger partial charge in [0.1, 0.15) is 0 Å². The first-order valence-corrected chi connectivity index (χ1v) is 8.52. The number of nitrogens with one attached hydrogen (secondary N) is 1. The zero-order valence-corrected chi connectivity index (χ0v) is 12.0. The molecule has 10 nitrogen and oxygen atoms in total. The van der Waals surface area contributed by atoms with Gasteiger partial charge in [0.15, 0.2) is 0 Å². The van der Waals surface area contributed by atoms with Gasteiger partial charge in [0.2, 0.25) is 0 Å². The summed E-state index contributed by atoms with van der Waals surface area (Å²) in [4.78, 5) is 44.4. The Balaban J connectivity index is 6.04. The van der Waals surface area contributed by atoms with E-state index >= 15 is 0 Å². The van der Waals surface area contributed by atoms with E-state index in [1.54, 1.807) is 0 Å². The van der Waals surface area contributed by atoms with Crippen molar-refractivity contribution in [2.75, 3.05) is 13.1 Å². The molecule has 0 heterocycles. The quantitative estimate of drug-likeness (QED) is 0.254. The number of rotatable bonds is 11. The fourth-order valence-electron chi connectivity index (χ4n) is 1.59. The van der Waals surface area contributed by atoms with Crippen LogP contribution in [0.3, 0.4) is 0 Å². The minimum atomic E-state index is -3.98. The normalized spacial score (nSPS) is 13.1. The van der Waals surface area contributed by atoms with Gasteiger partial charge in [0.05, 0.1) is 0 Å². The summed E-state index contributed by atoms with van der Waals surface area (Å²) in [6.07, 6.45) is 0. The molecule has 0 aliphatic heterocycles. The monoisotopic (exact) mass is 358 g/mol. The average molecular weight is 359 g/mol. The Kier molecular flexibility index (Phi) is 6.77. The molecule has 0 saturated heterocycles. The number of carboxylic acid groups (broad SMARTS) is 4. The SMILES string of the molecule is NCC[NH][Cu]([CH2]C(=O)O)([CH2]C(=O)O)([CH2]C(=O)O)[CH2]C(=O)O. The van der Waals surface area contributed by atoms with Gasteiger partial charge in [-0.05, 0) is 0 Å². The third-order valence-electron chi connectivity index (χ3n) is 2.00. The third-order valence-corrected chi connectivity index (χ3v) is 7.81. The summed E-state index contributed by atoms with van der Waals surface area (Å²) in [6, 6.07) is 0. The van der Waals surface area contributed by atoms with E-state index < -0.39 is 57.2 Å². The van der Waals surface area contributed by atoms with Crippen LogP contribution in [0.4, 0.5) is 0 Å². The van der Waals surface area contributed by atoms with Gasteiger partial charge < -0.3 is 0 Å². The van der Waals surface area contributed by atoms with Gasteiger partial charge in [-0.15, -0.1) is 0 Å². The van der Waals surface area contributed by atoms with Gasteiger partial charge in [-0.3, -0.25) is 0 Å². The second-order valence-electron chi connectivity index (χ2n) is 3.98. The predicted molar refractivity (Wildman–Crippen MR) is 66.8 cm³/mol. The molecule has 0 aromatic heterocycles. The predicted octanol–water partition coefficient (Wildman–Crippen LogP) is -0.849. The molecule has 0 aliphatic rings. The van der Waals surface area contributed by atoms with Crippen molar-refractivity contribution in [3.63, 3.8) is 0 Å². The van der Waals surface area contributed by atoms with Gasteiger partial charge >= 0.3 is 120 Å². The van der Waals surface area contributed by atoms with Crippen molar-refractivity contribution in [3.8, 4) is 0 Å². The van der Waals surface area contributed by atoms with Crippen molar-refractivity contribution in [3.05, 3.63) is 0 Å². The van der Waals surface area contributed by atoms with Crippen LogP contribution in [0.2, 0.25) is 21.3 Å². The van der Waals surface area contributed by atoms with E-state index in [2.05, 4.69) is 4.33 Å². The topological polar surface area (TPSA) is 187 Å². The molecule has 0 saturated carbocycles. The first-order chi connectivity index (χ1) is 9.54. The van der Waals surface area contributed by atoms with E-state index in [0.29, 0.717) is 0 Å². The van der Waals surface area contributed by atoms with Crippen molar-refractivity contribution < 1.29 is 51.6 Å². The molecule has 0 unspecified atom stereocenters. The van der Waals surface area contributed by atoms with E-state index in [1.807, 2.05) is 0 Å². The first kappa shape index (κ1) is 19.3. The average Bonchev–Trinajstić information content (AvgIpc) is 2.21. The molecule has 128 valence electrons. The van der Waals surface area contributed by atoms with Gasteiger partial charge in [-0.2, -0.15) is 0 Å². The van der Waals surface area contributed by atoms with Gasteiger partial charge in [0.25, 0.3) is 0 Å². The Morgan fingerprint density at radius 1 is 0.762 bits per heavy atom. The molecular formula is C10H19CuN2O8. The van der Waals surface area contributed by atoms with Crippen molar-refractivity contribution in [2.45, 2.75) is 21.3 Å². The molecule has 0 atom stereocenters. The standard InChI is InChI=1S/C2H7N2.4C2H3O2.Cu/c3-1-2-4;4*1-2(3)4;/h3H,1-2,4H2;4*1H2,(H,3,4);/q-1;;;;;+1. The fraction of sp³-hybridized carbons (Fsp3) is 0.600. The van der Waals surface area contributed by atoms with Crippen LogP contribution in [0.1, 0.15) is 0 Å². The van der Waals surface area contributed by atoms with E-state index in [-0.39, 0.29) is 13.1 Å². The Hall–Kier alpha value is -1.68. The molecule has 0 bridgehead atoms. The van der Waals surface area contributed by atoms with Crippen LogP contribution in [0.15, 0.2) is 0 Å². The third kappa shape index (κ3) is 6.08. The van der Waals surface area contributed by atoms with Crippen LogP contribution < -0.4 is 10.1 Å². The number of hydrogen-bond donors (Lipinski definition) is 6. The minimum absolute atomic E-state index is 0.0241. The van der Waals surface area contributed by atoms with Gasteiger partial charge in [-0.1, -0.05) is 0 Å². The molecule has 11 heteroatoms. The molecule has 0 fully saturated rings. The van der Waals surface area contributed by atoms with Crippen molar-refractivity contribution >= 4 is 23.9 Å². The second-order valence-corrected chi connectivity index (χ2v) is 9.80. The number of carbonyl (C=O) groups is 4. The van der Waals surface area contributed by atoms with Crippen LogP contribution in [-0.2, 0) is 31.2 Å². The molecular weight excluding hydrogens is 340 g/mol. The maximum absolute atomic E-state index is 11.1. The summed E-state index contributed by atoms with van der Waals surface area (Å²) >= 11 is -3.98. The van der Waals surface area contributed by atoms with Crippen LogP contribution >= 0.6 is 0 Å². The molecule has 0 aromatic rings. The van der Waals surface area contributed by atoms with Crippen molar-refractivity contribution in [2.24, 2.45) is 5.73 Å². The molecule has 0 rings (SSSR count). The Morgan fingerprint density at radius 2 is 1.05 bits per heavy atom. The van der Waals surface area contributed by atoms with Crippen LogP contribution in [0.5, 0.6) is 0 Å². The first-order valence-electron chi connectivity index (χ1n) is 5.39. The zero-order chi connectivity index (χ0) is 16.7. The summed E-state index contributed by atoms with van der Waals surface area (Å²) in [7, 11) is 0. The number of aliphatic carboxylic acids is 4.